The highest BCUT2D eigenvalue weighted by molar-refractivity contribution is 7.98. The Hall–Kier alpha value is -1.08. The van der Waals surface area contributed by atoms with Gasteiger partial charge < -0.3 is 14.6 Å². The number of methoxy groups -OCH3 is 1. The van der Waals surface area contributed by atoms with Gasteiger partial charge in [-0.25, -0.2) is 0 Å². The van der Waals surface area contributed by atoms with E-state index in [1.165, 1.54) is 32.8 Å². The van der Waals surface area contributed by atoms with Crippen LogP contribution in [0.4, 0.5) is 0 Å². The van der Waals surface area contributed by atoms with Crippen molar-refractivity contribution in [3.63, 3.8) is 0 Å². The van der Waals surface area contributed by atoms with Crippen LogP contribution >= 0.6 is 11.8 Å². The molecule has 0 atom stereocenters. The number of aryl methyl sites for hydroxylation is 1. The van der Waals surface area contributed by atoms with E-state index in [0.29, 0.717) is 12.6 Å². The third kappa shape index (κ3) is 4.44. The average molecular weight is 312 g/mol. The second-order valence-electron chi connectivity index (χ2n) is 5.30. The molecule has 1 aliphatic rings. The van der Waals surface area contributed by atoms with E-state index in [-0.39, 0.29) is 12.5 Å². The van der Waals surface area contributed by atoms with Crippen LogP contribution in [0, 0.1) is 0 Å². The quantitative estimate of drug-likeness (QED) is 0.585. The van der Waals surface area contributed by atoms with E-state index in [0.717, 1.165) is 23.8 Å². The number of hydrogen-bond donors (Lipinski definition) is 1. The standard InChI is InChI=1S/C14H24N4O2S/c1-20-10-13(19)15-9-5-8-12-16-17-14(21-2)18(12)11-6-3-4-7-11/h11H,3-10H2,1-2H3,(H,15,19). The van der Waals surface area contributed by atoms with Crippen LogP contribution in [0.25, 0.3) is 0 Å². The molecule has 1 N–H and O–H groups in total. The Balaban J connectivity index is 1.88. The van der Waals surface area contributed by atoms with E-state index in [2.05, 4.69) is 20.1 Å². The number of carbonyl (C=O) groups is 1. The molecule has 0 saturated heterocycles. The summed E-state index contributed by atoms with van der Waals surface area (Å²) in [7, 11) is 1.52. The van der Waals surface area contributed by atoms with Crippen molar-refractivity contribution < 1.29 is 9.53 Å². The largest absolute Gasteiger partial charge is 0.375 e. The van der Waals surface area contributed by atoms with Crippen LogP contribution in [0.3, 0.4) is 0 Å². The van der Waals surface area contributed by atoms with Gasteiger partial charge in [0.15, 0.2) is 5.16 Å². The van der Waals surface area contributed by atoms with Gasteiger partial charge in [0, 0.05) is 26.1 Å². The molecule has 1 aromatic rings. The Morgan fingerprint density at radius 3 is 2.86 bits per heavy atom. The van der Waals surface area contributed by atoms with E-state index in [4.69, 9.17) is 4.74 Å². The molecule has 0 radical (unpaired) electrons. The first kappa shape index (κ1) is 16.3. The highest BCUT2D eigenvalue weighted by Crippen LogP contribution is 2.33. The second-order valence-corrected chi connectivity index (χ2v) is 6.07. The van der Waals surface area contributed by atoms with Crippen molar-refractivity contribution in [3.8, 4) is 0 Å². The first-order valence-corrected chi connectivity index (χ1v) is 8.72. The van der Waals surface area contributed by atoms with Crippen LogP contribution in [0.2, 0.25) is 0 Å². The van der Waals surface area contributed by atoms with Gasteiger partial charge in [-0.1, -0.05) is 24.6 Å². The minimum atomic E-state index is -0.0698. The number of ether oxygens (including phenoxy) is 1. The molecular weight excluding hydrogens is 288 g/mol. The third-order valence-electron chi connectivity index (χ3n) is 3.78. The van der Waals surface area contributed by atoms with E-state index in [1.54, 1.807) is 11.8 Å². The Morgan fingerprint density at radius 2 is 2.19 bits per heavy atom. The molecule has 0 bridgehead atoms. The normalized spacial score (nSPS) is 15.5. The maximum absolute atomic E-state index is 11.3. The molecule has 1 saturated carbocycles. The van der Waals surface area contributed by atoms with Crippen LogP contribution < -0.4 is 5.32 Å². The summed E-state index contributed by atoms with van der Waals surface area (Å²) in [6, 6.07) is 0.556. The van der Waals surface area contributed by atoms with Crippen LogP contribution in [-0.4, -0.2) is 47.2 Å². The van der Waals surface area contributed by atoms with Gasteiger partial charge in [0.2, 0.25) is 5.91 Å². The fourth-order valence-corrected chi connectivity index (χ4v) is 3.38. The fraction of sp³-hybridized carbons (Fsp3) is 0.786. The number of nitrogens with zero attached hydrogens (tertiary/aromatic N) is 3. The van der Waals surface area contributed by atoms with E-state index in [9.17, 15) is 4.79 Å². The van der Waals surface area contributed by atoms with E-state index in [1.807, 2.05) is 6.26 Å². The van der Waals surface area contributed by atoms with Gasteiger partial charge in [-0.15, -0.1) is 10.2 Å². The van der Waals surface area contributed by atoms with Gasteiger partial charge in [-0.3, -0.25) is 4.79 Å². The van der Waals surface area contributed by atoms with Crippen molar-refractivity contribution >= 4 is 17.7 Å². The predicted octanol–water partition coefficient (Wildman–Crippen LogP) is 1.81. The molecule has 21 heavy (non-hydrogen) atoms. The zero-order valence-corrected chi connectivity index (χ0v) is 13.6. The third-order valence-corrected chi connectivity index (χ3v) is 4.43. The van der Waals surface area contributed by atoms with Crippen LogP contribution in [0.5, 0.6) is 0 Å². The summed E-state index contributed by atoms with van der Waals surface area (Å²) < 4.78 is 7.10. The lowest BCUT2D eigenvalue weighted by molar-refractivity contribution is -0.124. The second kappa shape index (κ2) is 8.38. The van der Waals surface area contributed by atoms with Crippen molar-refractivity contribution in [3.05, 3.63) is 5.82 Å². The summed E-state index contributed by atoms with van der Waals surface area (Å²) in [6.45, 7) is 0.767. The zero-order valence-electron chi connectivity index (χ0n) is 12.8. The van der Waals surface area contributed by atoms with Crippen molar-refractivity contribution in [1.29, 1.82) is 0 Å². The van der Waals surface area contributed by atoms with Gasteiger partial charge in [0.25, 0.3) is 0 Å². The monoisotopic (exact) mass is 312 g/mol. The number of amides is 1. The van der Waals surface area contributed by atoms with Gasteiger partial charge in [0.1, 0.15) is 12.4 Å². The number of thioether (sulfide) groups is 1. The number of hydrogen-bond acceptors (Lipinski definition) is 5. The van der Waals surface area contributed by atoms with Crippen molar-refractivity contribution in [2.75, 3.05) is 26.5 Å². The average Bonchev–Trinajstić information content (AvgIpc) is 3.12. The molecular formula is C14H24N4O2S. The molecule has 118 valence electrons. The zero-order chi connectivity index (χ0) is 15.1. The molecule has 1 aliphatic carbocycles. The summed E-state index contributed by atoms with van der Waals surface area (Å²) in [4.78, 5) is 11.3. The Labute approximate surface area is 130 Å². The lowest BCUT2D eigenvalue weighted by atomic mass is 10.2. The SMILES string of the molecule is COCC(=O)NCCCc1nnc(SC)n1C1CCCC1. The topological polar surface area (TPSA) is 69.0 Å². The maximum Gasteiger partial charge on any atom is 0.245 e. The molecule has 0 spiro atoms. The molecule has 1 fully saturated rings. The minimum Gasteiger partial charge on any atom is -0.375 e. The van der Waals surface area contributed by atoms with Crippen molar-refractivity contribution in [1.82, 2.24) is 20.1 Å². The summed E-state index contributed by atoms with van der Waals surface area (Å²) in [5, 5.41) is 12.5. The Morgan fingerprint density at radius 1 is 1.43 bits per heavy atom. The number of carbonyl (C=O) groups excluding carboxylic acids is 1. The molecule has 1 heterocycles. The maximum atomic E-state index is 11.3. The minimum absolute atomic E-state index is 0.0698. The first-order valence-electron chi connectivity index (χ1n) is 7.49. The Kier molecular flexibility index (Phi) is 6.50. The first-order chi connectivity index (χ1) is 10.3. The predicted molar refractivity (Wildman–Crippen MR) is 82.5 cm³/mol. The fourth-order valence-electron chi connectivity index (χ4n) is 2.80. The van der Waals surface area contributed by atoms with E-state index < -0.39 is 0 Å². The molecule has 1 aromatic heterocycles. The Bertz CT molecular complexity index is 458. The lowest BCUT2D eigenvalue weighted by Gasteiger charge is -2.16. The smallest absolute Gasteiger partial charge is 0.245 e. The molecule has 0 unspecified atom stereocenters. The van der Waals surface area contributed by atoms with Crippen molar-refractivity contribution in [2.45, 2.75) is 49.7 Å². The highest BCUT2D eigenvalue weighted by Gasteiger charge is 2.23. The van der Waals surface area contributed by atoms with Gasteiger partial charge in [-0.2, -0.15) is 0 Å². The molecule has 0 aromatic carbocycles. The molecule has 6 nitrogen and oxygen atoms in total. The van der Waals surface area contributed by atoms with Gasteiger partial charge in [0.05, 0.1) is 0 Å². The highest BCUT2D eigenvalue weighted by atomic mass is 32.2. The van der Waals surface area contributed by atoms with Gasteiger partial charge in [-0.05, 0) is 25.5 Å². The summed E-state index contributed by atoms with van der Waals surface area (Å²) in [5.41, 5.74) is 0. The summed E-state index contributed by atoms with van der Waals surface area (Å²) in [6.07, 6.45) is 8.80. The molecule has 2 rings (SSSR count). The summed E-state index contributed by atoms with van der Waals surface area (Å²) in [5.74, 6) is 0.979. The van der Waals surface area contributed by atoms with Crippen LogP contribution in [-0.2, 0) is 16.0 Å². The summed E-state index contributed by atoms with van der Waals surface area (Å²) >= 11 is 1.66. The molecule has 0 aliphatic heterocycles. The molecule has 7 heteroatoms. The van der Waals surface area contributed by atoms with Gasteiger partial charge >= 0.3 is 0 Å². The molecule has 1 amide bonds. The van der Waals surface area contributed by atoms with Crippen LogP contribution in [0.1, 0.15) is 44.0 Å². The van der Waals surface area contributed by atoms with Crippen LogP contribution in [0.15, 0.2) is 5.16 Å². The number of aromatic nitrogens is 3. The van der Waals surface area contributed by atoms with Crippen molar-refractivity contribution in [2.24, 2.45) is 0 Å². The number of rotatable bonds is 8. The van der Waals surface area contributed by atoms with E-state index >= 15 is 0 Å². The number of nitrogens with one attached hydrogen (secondary N) is 1. The lowest BCUT2D eigenvalue weighted by Crippen LogP contribution is -2.28.